The molecule has 7 heteroatoms. The highest BCUT2D eigenvalue weighted by atomic mass is 32.1. The first-order valence-corrected chi connectivity index (χ1v) is 11.0. The van der Waals surface area contributed by atoms with Crippen LogP contribution in [-0.2, 0) is 11.2 Å². The van der Waals surface area contributed by atoms with Crippen molar-refractivity contribution in [2.24, 2.45) is 5.92 Å². The summed E-state index contributed by atoms with van der Waals surface area (Å²) in [7, 11) is 0. The van der Waals surface area contributed by atoms with Gasteiger partial charge in [-0.2, -0.15) is 4.37 Å². The molecule has 0 bridgehead atoms. The molecule has 4 rings (SSSR count). The lowest BCUT2D eigenvalue weighted by Crippen LogP contribution is -2.43. The van der Waals surface area contributed by atoms with E-state index in [0.717, 1.165) is 41.5 Å². The topological polar surface area (TPSA) is 58.1 Å². The molecule has 3 aromatic rings. The molecule has 0 spiro atoms. The number of carbonyl (C=O) groups excluding carboxylic acids is 1. The largest absolute Gasteiger partial charge is 0.349 e. The highest BCUT2D eigenvalue weighted by molar-refractivity contribution is 7.09. The van der Waals surface area contributed by atoms with E-state index < -0.39 is 0 Å². The lowest BCUT2D eigenvalue weighted by molar-refractivity contribution is -0.125. The fourth-order valence-corrected chi connectivity index (χ4v) is 4.47. The van der Waals surface area contributed by atoms with Gasteiger partial charge in [-0.3, -0.25) is 4.79 Å². The van der Waals surface area contributed by atoms with Gasteiger partial charge < -0.3 is 10.2 Å². The summed E-state index contributed by atoms with van der Waals surface area (Å²) in [4.78, 5) is 19.7. The summed E-state index contributed by atoms with van der Waals surface area (Å²) >= 11 is 1.36. The Morgan fingerprint density at radius 2 is 2.00 bits per heavy atom. The third-order valence-electron chi connectivity index (χ3n) is 5.45. The first-order chi connectivity index (χ1) is 14.6. The number of aromatic nitrogens is 2. The van der Waals surface area contributed by atoms with E-state index in [1.54, 1.807) is 12.1 Å². The first kappa shape index (κ1) is 20.5. The number of amides is 1. The van der Waals surface area contributed by atoms with Crippen LogP contribution < -0.4 is 10.2 Å². The van der Waals surface area contributed by atoms with E-state index in [1.165, 1.54) is 23.7 Å². The molecule has 1 amide bonds. The minimum Gasteiger partial charge on any atom is -0.349 e. The van der Waals surface area contributed by atoms with Crippen LogP contribution in [0.1, 0.15) is 42.8 Å². The zero-order valence-electron chi connectivity index (χ0n) is 16.9. The van der Waals surface area contributed by atoms with Crippen molar-refractivity contribution in [3.05, 3.63) is 77.4 Å². The molecular formula is C23H25FN4OS. The van der Waals surface area contributed by atoms with E-state index in [-0.39, 0.29) is 23.7 Å². The summed E-state index contributed by atoms with van der Waals surface area (Å²) in [5.74, 6) is 0.511. The van der Waals surface area contributed by atoms with Gasteiger partial charge in [-0.25, -0.2) is 9.37 Å². The van der Waals surface area contributed by atoms with Crippen molar-refractivity contribution >= 4 is 22.6 Å². The Hall–Kier alpha value is -2.80. The maximum absolute atomic E-state index is 13.1. The van der Waals surface area contributed by atoms with Gasteiger partial charge in [-0.1, -0.05) is 42.5 Å². The van der Waals surface area contributed by atoms with Crippen molar-refractivity contribution in [3.63, 3.8) is 0 Å². The Bertz CT molecular complexity index is 976. The van der Waals surface area contributed by atoms with Crippen LogP contribution in [0.5, 0.6) is 0 Å². The molecule has 2 heterocycles. The molecule has 0 saturated carbocycles. The number of halogens is 1. The van der Waals surface area contributed by atoms with E-state index in [1.807, 2.05) is 37.3 Å². The molecule has 30 heavy (non-hydrogen) atoms. The minimum atomic E-state index is -0.245. The van der Waals surface area contributed by atoms with Crippen molar-refractivity contribution in [2.45, 2.75) is 32.2 Å². The first-order valence-electron chi connectivity index (χ1n) is 10.3. The number of hydrogen-bond donors (Lipinski definition) is 1. The van der Waals surface area contributed by atoms with Crippen LogP contribution in [0.15, 0.2) is 54.6 Å². The number of carbonyl (C=O) groups is 1. The molecule has 2 atom stereocenters. The van der Waals surface area contributed by atoms with Gasteiger partial charge in [0.25, 0.3) is 0 Å². The molecule has 1 aliphatic rings. The van der Waals surface area contributed by atoms with Gasteiger partial charge in [-0.05, 0) is 43.0 Å². The van der Waals surface area contributed by atoms with Crippen LogP contribution in [0.3, 0.4) is 0 Å². The summed E-state index contributed by atoms with van der Waals surface area (Å²) in [5.41, 5.74) is 2.08. The number of benzene rings is 2. The number of rotatable bonds is 6. The lowest BCUT2D eigenvalue weighted by atomic mass is 9.96. The fourth-order valence-electron chi connectivity index (χ4n) is 3.75. The molecule has 1 fully saturated rings. The Balaban J connectivity index is 1.36. The van der Waals surface area contributed by atoms with E-state index in [0.29, 0.717) is 13.0 Å². The van der Waals surface area contributed by atoms with Crippen LogP contribution in [0.25, 0.3) is 0 Å². The third kappa shape index (κ3) is 5.02. The molecule has 156 valence electrons. The average Bonchev–Trinajstić information content (AvgIpc) is 3.24. The van der Waals surface area contributed by atoms with Gasteiger partial charge in [0.1, 0.15) is 11.6 Å². The SMILES string of the molecule is CC(NC(=O)C1CCCN(c2nc(Cc3ccc(F)cc3)ns2)C1)c1ccccc1. The Kier molecular flexibility index (Phi) is 6.38. The van der Waals surface area contributed by atoms with Crippen LogP contribution >= 0.6 is 11.5 Å². The molecule has 5 nitrogen and oxygen atoms in total. The van der Waals surface area contributed by atoms with Gasteiger partial charge >= 0.3 is 0 Å². The van der Waals surface area contributed by atoms with E-state index in [2.05, 4.69) is 19.6 Å². The molecule has 0 aliphatic carbocycles. The Morgan fingerprint density at radius 1 is 1.23 bits per heavy atom. The molecule has 1 saturated heterocycles. The summed E-state index contributed by atoms with van der Waals surface area (Å²) in [6, 6.07) is 16.4. The number of hydrogen-bond acceptors (Lipinski definition) is 5. The van der Waals surface area contributed by atoms with Crippen molar-refractivity contribution in [3.8, 4) is 0 Å². The maximum Gasteiger partial charge on any atom is 0.225 e. The summed E-state index contributed by atoms with van der Waals surface area (Å²) in [5, 5.41) is 4.00. The lowest BCUT2D eigenvalue weighted by Gasteiger charge is -2.32. The van der Waals surface area contributed by atoms with Crippen LogP contribution in [0.4, 0.5) is 9.52 Å². The maximum atomic E-state index is 13.1. The smallest absolute Gasteiger partial charge is 0.225 e. The van der Waals surface area contributed by atoms with Crippen molar-refractivity contribution in [2.75, 3.05) is 18.0 Å². The zero-order valence-corrected chi connectivity index (χ0v) is 17.7. The second-order valence-electron chi connectivity index (χ2n) is 7.72. The normalized spacial score (nSPS) is 17.5. The van der Waals surface area contributed by atoms with Crippen LogP contribution in [0.2, 0.25) is 0 Å². The Labute approximate surface area is 180 Å². The molecule has 0 radical (unpaired) electrons. The molecular weight excluding hydrogens is 399 g/mol. The fraction of sp³-hybridized carbons (Fsp3) is 0.348. The van der Waals surface area contributed by atoms with Gasteiger partial charge in [0.05, 0.1) is 12.0 Å². The van der Waals surface area contributed by atoms with Gasteiger partial charge in [0, 0.05) is 31.0 Å². The second kappa shape index (κ2) is 9.34. The predicted octanol–water partition coefficient (Wildman–Crippen LogP) is 4.36. The van der Waals surface area contributed by atoms with Crippen LogP contribution in [-0.4, -0.2) is 28.4 Å². The van der Waals surface area contributed by atoms with E-state index in [4.69, 9.17) is 0 Å². The molecule has 2 unspecified atom stereocenters. The number of nitrogens with zero attached hydrogens (tertiary/aromatic N) is 3. The van der Waals surface area contributed by atoms with Gasteiger partial charge in [0.2, 0.25) is 11.0 Å². The van der Waals surface area contributed by atoms with Crippen molar-refractivity contribution in [1.29, 1.82) is 0 Å². The highest BCUT2D eigenvalue weighted by Crippen LogP contribution is 2.26. The quantitative estimate of drug-likeness (QED) is 0.639. The van der Waals surface area contributed by atoms with Crippen molar-refractivity contribution < 1.29 is 9.18 Å². The summed E-state index contributed by atoms with van der Waals surface area (Å²) in [6.45, 7) is 3.54. The summed E-state index contributed by atoms with van der Waals surface area (Å²) in [6.07, 6.45) is 2.40. The Morgan fingerprint density at radius 3 is 2.77 bits per heavy atom. The second-order valence-corrected chi connectivity index (χ2v) is 8.45. The molecule has 2 aromatic carbocycles. The standard InChI is InChI=1S/C23H25FN4OS/c1-16(18-6-3-2-4-7-18)25-22(29)19-8-5-13-28(15-19)23-26-21(27-30-23)14-17-9-11-20(24)12-10-17/h2-4,6-7,9-12,16,19H,5,8,13-15H2,1H3,(H,25,29). The van der Waals surface area contributed by atoms with Crippen LogP contribution in [0, 0.1) is 11.7 Å². The average molecular weight is 425 g/mol. The van der Waals surface area contributed by atoms with Gasteiger partial charge in [0.15, 0.2) is 0 Å². The molecule has 1 N–H and O–H groups in total. The minimum absolute atomic E-state index is 0.0158. The summed E-state index contributed by atoms with van der Waals surface area (Å²) < 4.78 is 17.5. The van der Waals surface area contributed by atoms with Gasteiger partial charge in [-0.15, -0.1) is 0 Å². The number of nitrogens with one attached hydrogen (secondary N) is 1. The van der Waals surface area contributed by atoms with E-state index in [9.17, 15) is 9.18 Å². The van der Waals surface area contributed by atoms with Crippen molar-refractivity contribution in [1.82, 2.24) is 14.7 Å². The highest BCUT2D eigenvalue weighted by Gasteiger charge is 2.28. The monoisotopic (exact) mass is 424 g/mol. The number of anilines is 1. The third-order valence-corrected chi connectivity index (χ3v) is 6.27. The molecule has 1 aliphatic heterocycles. The van der Waals surface area contributed by atoms with E-state index >= 15 is 0 Å². The molecule has 1 aromatic heterocycles. The zero-order chi connectivity index (χ0) is 20.9. The predicted molar refractivity (Wildman–Crippen MR) is 117 cm³/mol. The number of piperidine rings is 1.